The first-order valence-electron chi connectivity index (χ1n) is 23.2. The maximum absolute atomic E-state index is 6.39. The molecule has 0 rings (SSSR count). The van der Waals surface area contributed by atoms with Crippen LogP contribution in [-0.4, -0.2) is 12.2 Å². The minimum atomic E-state index is 0.189. The summed E-state index contributed by atoms with van der Waals surface area (Å²) >= 11 is 0. The molecule has 0 radical (unpaired) electrons. The quantitative estimate of drug-likeness (QED) is 0.0458. The average Bonchev–Trinajstić information content (AvgIpc) is 3.12. The molecule has 0 aliphatic rings. The number of ether oxygens (including phenoxy) is 1. The molecule has 0 aromatic carbocycles. The fraction of sp³-hybridized carbons (Fsp3) is 0.917. The molecule has 1 heteroatoms. The predicted molar refractivity (Wildman–Crippen MR) is 225 cm³/mol. The molecule has 1 nitrogen and oxygen atoms in total. The summed E-state index contributed by atoms with van der Waals surface area (Å²) < 4.78 is 6.39. The zero-order valence-electron chi connectivity index (χ0n) is 34.4. The Morgan fingerprint density at radius 2 is 0.449 bits per heavy atom. The highest BCUT2D eigenvalue weighted by Crippen LogP contribution is 2.19. The Kier molecular flexibility index (Phi) is 43.1. The molecule has 0 heterocycles. The van der Waals surface area contributed by atoms with Gasteiger partial charge in [0.05, 0.1) is 12.2 Å². The van der Waals surface area contributed by atoms with Crippen LogP contribution in [0.2, 0.25) is 0 Å². The molecule has 2 atom stereocenters. The monoisotopic (exact) mass is 687 g/mol. The van der Waals surface area contributed by atoms with E-state index in [-0.39, 0.29) is 12.2 Å². The summed E-state index contributed by atoms with van der Waals surface area (Å²) in [4.78, 5) is 0. The van der Waals surface area contributed by atoms with Crippen LogP contribution in [0, 0.1) is 0 Å². The second-order valence-corrected chi connectivity index (χ2v) is 16.0. The van der Waals surface area contributed by atoms with E-state index in [1.807, 2.05) is 12.2 Å². The highest BCUT2D eigenvalue weighted by molar-refractivity contribution is 4.86. The average molecular weight is 687 g/mol. The Bertz CT molecular complexity index is 558. The molecule has 0 saturated heterocycles. The summed E-state index contributed by atoms with van der Waals surface area (Å²) in [6.07, 6.45) is 61.0. The molecule has 0 fully saturated rings. The lowest BCUT2D eigenvalue weighted by Crippen LogP contribution is -2.19. The van der Waals surface area contributed by atoms with Crippen LogP contribution in [-0.2, 0) is 4.74 Å². The van der Waals surface area contributed by atoms with Gasteiger partial charge in [-0.2, -0.15) is 0 Å². The molecule has 0 N–H and O–H groups in total. The molecule has 0 aromatic rings. The van der Waals surface area contributed by atoms with E-state index in [2.05, 4.69) is 27.0 Å². The van der Waals surface area contributed by atoms with Crippen molar-refractivity contribution in [2.75, 3.05) is 0 Å². The van der Waals surface area contributed by atoms with Gasteiger partial charge in [-0.25, -0.2) is 0 Å². The molecule has 292 valence electrons. The number of hydrogen-bond donors (Lipinski definition) is 0. The van der Waals surface area contributed by atoms with Gasteiger partial charge in [0.1, 0.15) is 0 Å². The van der Waals surface area contributed by atoms with E-state index >= 15 is 0 Å². The number of hydrogen-bond acceptors (Lipinski definition) is 1. The molecule has 0 bridgehead atoms. The lowest BCUT2D eigenvalue weighted by atomic mass is 10.0. The molecule has 2 unspecified atom stereocenters. The zero-order valence-corrected chi connectivity index (χ0v) is 34.4. The Morgan fingerprint density at radius 1 is 0.286 bits per heavy atom. The van der Waals surface area contributed by atoms with Crippen LogP contribution in [0.3, 0.4) is 0 Å². The Hall–Kier alpha value is -0.560. The van der Waals surface area contributed by atoms with Crippen molar-refractivity contribution >= 4 is 0 Å². The molecule has 0 spiro atoms. The van der Waals surface area contributed by atoms with Crippen LogP contribution in [0.1, 0.15) is 271 Å². The highest BCUT2D eigenvalue weighted by atomic mass is 16.5. The SMILES string of the molecule is C=CC(CCCCCCCCCCCCCCCCCCCCC)OC(C=C)CCCCCCCCCCCCCCCCCCCCC. The summed E-state index contributed by atoms with van der Waals surface area (Å²) in [6, 6.07) is 0. The Labute approximate surface area is 312 Å². The van der Waals surface area contributed by atoms with Gasteiger partial charge in [0.15, 0.2) is 0 Å². The van der Waals surface area contributed by atoms with Crippen molar-refractivity contribution in [2.24, 2.45) is 0 Å². The van der Waals surface area contributed by atoms with Gasteiger partial charge in [-0.15, -0.1) is 13.2 Å². The standard InChI is InChI=1S/C48H94O/c1-5-9-11-13-15-17-19-21-23-25-27-29-31-33-35-37-39-41-43-45-47(7-3)49-48(8-4)46-44-42-40-38-36-34-32-30-28-26-24-22-20-18-16-14-12-10-6-2/h7-8,47-48H,3-6,9-46H2,1-2H3. The van der Waals surface area contributed by atoms with Gasteiger partial charge in [0, 0.05) is 0 Å². The largest absolute Gasteiger partial charge is 0.367 e. The first-order valence-corrected chi connectivity index (χ1v) is 23.2. The molecule has 0 aromatic heterocycles. The van der Waals surface area contributed by atoms with E-state index in [0.717, 1.165) is 12.8 Å². The molecule has 49 heavy (non-hydrogen) atoms. The van der Waals surface area contributed by atoms with Gasteiger partial charge in [-0.1, -0.05) is 270 Å². The second kappa shape index (κ2) is 43.6. The topological polar surface area (TPSA) is 9.23 Å². The first-order chi connectivity index (χ1) is 24.3. The van der Waals surface area contributed by atoms with Crippen LogP contribution >= 0.6 is 0 Å². The second-order valence-electron chi connectivity index (χ2n) is 16.0. The van der Waals surface area contributed by atoms with Crippen LogP contribution in [0.15, 0.2) is 25.3 Å². The van der Waals surface area contributed by atoms with E-state index in [1.165, 1.54) is 244 Å². The normalized spacial score (nSPS) is 12.8. The lowest BCUT2D eigenvalue weighted by molar-refractivity contribution is 0.0299. The maximum atomic E-state index is 6.39. The van der Waals surface area contributed by atoms with Crippen molar-refractivity contribution in [1.82, 2.24) is 0 Å². The van der Waals surface area contributed by atoms with Crippen LogP contribution in [0.25, 0.3) is 0 Å². The van der Waals surface area contributed by atoms with Gasteiger partial charge in [0.25, 0.3) is 0 Å². The van der Waals surface area contributed by atoms with E-state index in [4.69, 9.17) is 4.74 Å². The van der Waals surface area contributed by atoms with Crippen molar-refractivity contribution in [3.8, 4) is 0 Å². The van der Waals surface area contributed by atoms with Crippen molar-refractivity contribution < 1.29 is 4.74 Å². The summed E-state index contributed by atoms with van der Waals surface area (Å²) in [5.74, 6) is 0. The van der Waals surface area contributed by atoms with Crippen molar-refractivity contribution in [2.45, 2.75) is 283 Å². The minimum absolute atomic E-state index is 0.189. The maximum Gasteiger partial charge on any atom is 0.0761 e. The number of rotatable bonds is 44. The first kappa shape index (κ1) is 48.4. The third-order valence-electron chi connectivity index (χ3n) is 11.1. The zero-order chi connectivity index (χ0) is 35.6. The molecular weight excluding hydrogens is 593 g/mol. The smallest absolute Gasteiger partial charge is 0.0761 e. The molecule has 0 saturated carbocycles. The lowest BCUT2D eigenvalue weighted by Gasteiger charge is -2.20. The van der Waals surface area contributed by atoms with Gasteiger partial charge in [-0.05, 0) is 12.8 Å². The Morgan fingerprint density at radius 3 is 0.612 bits per heavy atom. The molecular formula is C48H94O. The fourth-order valence-corrected chi connectivity index (χ4v) is 7.56. The van der Waals surface area contributed by atoms with Gasteiger partial charge in [0.2, 0.25) is 0 Å². The van der Waals surface area contributed by atoms with Gasteiger partial charge >= 0.3 is 0 Å². The van der Waals surface area contributed by atoms with E-state index in [1.54, 1.807) is 0 Å². The molecule has 0 aliphatic carbocycles. The van der Waals surface area contributed by atoms with Gasteiger partial charge in [-0.3, -0.25) is 0 Å². The van der Waals surface area contributed by atoms with E-state index < -0.39 is 0 Å². The minimum Gasteiger partial charge on any atom is -0.367 e. The summed E-state index contributed by atoms with van der Waals surface area (Å²) in [5.41, 5.74) is 0. The summed E-state index contributed by atoms with van der Waals surface area (Å²) in [5, 5.41) is 0. The Balaban J connectivity index is 3.45. The third kappa shape index (κ3) is 40.1. The van der Waals surface area contributed by atoms with E-state index in [0.29, 0.717) is 0 Å². The third-order valence-corrected chi connectivity index (χ3v) is 11.1. The fourth-order valence-electron chi connectivity index (χ4n) is 7.56. The number of unbranched alkanes of at least 4 members (excludes halogenated alkanes) is 36. The molecule has 0 aliphatic heterocycles. The van der Waals surface area contributed by atoms with Crippen molar-refractivity contribution in [1.29, 1.82) is 0 Å². The summed E-state index contributed by atoms with van der Waals surface area (Å²) in [7, 11) is 0. The van der Waals surface area contributed by atoms with Crippen LogP contribution in [0.5, 0.6) is 0 Å². The highest BCUT2D eigenvalue weighted by Gasteiger charge is 2.11. The van der Waals surface area contributed by atoms with Crippen molar-refractivity contribution in [3.05, 3.63) is 25.3 Å². The predicted octanol–water partition coefficient (Wildman–Crippen LogP) is 17.8. The van der Waals surface area contributed by atoms with Gasteiger partial charge < -0.3 is 4.74 Å². The van der Waals surface area contributed by atoms with Crippen LogP contribution < -0.4 is 0 Å². The van der Waals surface area contributed by atoms with E-state index in [9.17, 15) is 0 Å². The molecule has 0 amide bonds. The van der Waals surface area contributed by atoms with Crippen molar-refractivity contribution in [3.63, 3.8) is 0 Å². The van der Waals surface area contributed by atoms with Crippen LogP contribution in [0.4, 0.5) is 0 Å². The summed E-state index contributed by atoms with van der Waals surface area (Å²) in [6.45, 7) is 12.8.